The molecule has 2 aromatic rings. The Kier molecular flexibility index (Phi) is 5.31. The maximum atomic E-state index is 6.53. The largest absolute Gasteiger partial charge is 0.309 e. The third kappa shape index (κ3) is 3.42. The van der Waals surface area contributed by atoms with Crippen molar-refractivity contribution in [3.05, 3.63) is 64.9 Å². The molecule has 0 saturated heterocycles. The molecule has 0 spiro atoms. The molecule has 1 saturated carbocycles. The van der Waals surface area contributed by atoms with Crippen molar-refractivity contribution in [2.75, 3.05) is 7.05 Å². The van der Waals surface area contributed by atoms with Gasteiger partial charge in [-0.2, -0.15) is 0 Å². The van der Waals surface area contributed by atoms with Crippen LogP contribution in [0.15, 0.2) is 48.8 Å². The highest BCUT2D eigenvalue weighted by Crippen LogP contribution is 2.40. The molecule has 4 heteroatoms. The van der Waals surface area contributed by atoms with Gasteiger partial charge in [-0.1, -0.05) is 48.7 Å². The molecule has 0 aliphatic heterocycles. The van der Waals surface area contributed by atoms with Crippen LogP contribution in [0.1, 0.15) is 36.8 Å². The molecule has 1 aromatic carbocycles. The van der Waals surface area contributed by atoms with Gasteiger partial charge in [-0.15, -0.1) is 0 Å². The van der Waals surface area contributed by atoms with Gasteiger partial charge in [-0.25, -0.2) is 0 Å². The number of hydrogen-bond acceptors (Lipinski definition) is 3. The molecule has 0 bridgehead atoms. The van der Waals surface area contributed by atoms with Crippen molar-refractivity contribution in [2.24, 2.45) is 0 Å². The van der Waals surface area contributed by atoms with Crippen molar-refractivity contribution in [2.45, 2.75) is 43.8 Å². The van der Waals surface area contributed by atoms with E-state index in [-0.39, 0.29) is 5.54 Å². The first-order chi connectivity index (χ1) is 11.3. The Hall–Kier alpha value is -1.42. The van der Waals surface area contributed by atoms with Gasteiger partial charge in [0.05, 0.1) is 5.54 Å². The van der Waals surface area contributed by atoms with E-state index < -0.39 is 0 Å². The fourth-order valence-electron chi connectivity index (χ4n) is 3.77. The molecule has 2 N–H and O–H groups in total. The highest BCUT2D eigenvalue weighted by atomic mass is 35.5. The molecule has 23 heavy (non-hydrogen) atoms. The molecular weight excluding hydrogens is 306 g/mol. The third-order valence-electron chi connectivity index (χ3n) is 4.98. The zero-order chi connectivity index (χ0) is 16.1. The first kappa shape index (κ1) is 16.4. The lowest BCUT2D eigenvalue weighted by Gasteiger charge is -2.45. The molecule has 0 unspecified atom stereocenters. The van der Waals surface area contributed by atoms with Crippen molar-refractivity contribution < 1.29 is 0 Å². The summed E-state index contributed by atoms with van der Waals surface area (Å²) >= 11 is 6.53. The van der Waals surface area contributed by atoms with Gasteiger partial charge in [0.2, 0.25) is 0 Å². The standard InChI is InChI=1S/C19H24ClN3/c1-21-19(16-8-2-3-9-17(16)20)11-5-4-10-18(19)23-14-15-7-6-12-22-13-15/h2-3,6-9,12-13,18,21,23H,4-5,10-11,14H2,1H3/t18-,19+/m1/s1. The summed E-state index contributed by atoms with van der Waals surface area (Å²) in [4.78, 5) is 4.20. The van der Waals surface area contributed by atoms with Crippen LogP contribution in [0.3, 0.4) is 0 Å². The van der Waals surface area contributed by atoms with Crippen LogP contribution in [0.5, 0.6) is 0 Å². The molecule has 1 aliphatic rings. The van der Waals surface area contributed by atoms with Crippen LogP contribution >= 0.6 is 11.6 Å². The second kappa shape index (κ2) is 7.43. The van der Waals surface area contributed by atoms with Crippen LogP contribution in [0.4, 0.5) is 0 Å². The first-order valence-electron chi connectivity index (χ1n) is 8.32. The highest BCUT2D eigenvalue weighted by Gasteiger charge is 2.41. The van der Waals surface area contributed by atoms with Crippen LogP contribution in [-0.4, -0.2) is 18.1 Å². The van der Waals surface area contributed by atoms with Crippen molar-refractivity contribution in [1.82, 2.24) is 15.6 Å². The average Bonchev–Trinajstić information content (AvgIpc) is 2.61. The number of halogens is 1. The Morgan fingerprint density at radius 2 is 2.09 bits per heavy atom. The van der Waals surface area contributed by atoms with Crippen LogP contribution in [0.25, 0.3) is 0 Å². The minimum atomic E-state index is -0.112. The fraction of sp³-hybridized carbons (Fsp3) is 0.421. The molecule has 122 valence electrons. The van der Waals surface area contributed by atoms with Crippen molar-refractivity contribution in [1.29, 1.82) is 0 Å². The molecule has 3 rings (SSSR count). The lowest BCUT2D eigenvalue weighted by Crippen LogP contribution is -2.57. The summed E-state index contributed by atoms with van der Waals surface area (Å²) in [5.74, 6) is 0. The van der Waals surface area contributed by atoms with Gasteiger partial charge in [0, 0.05) is 30.0 Å². The quantitative estimate of drug-likeness (QED) is 0.874. The van der Waals surface area contributed by atoms with Gasteiger partial charge < -0.3 is 10.6 Å². The van der Waals surface area contributed by atoms with Gasteiger partial charge in [-0.05, 0) is 43.1 Å². The summed E-state index contributed by atoms with van der Waals surface area (Å²) < 4.78 is 0. The van der Waals surface area contributed by atoms with Crippen LogP contribution in [-0.2, 0) is 12.1 Å². The number of benzene rings is 1. The Balaban J connectivity index is 1.85. The predicted octanol–water partition coefficient (Wildman–Crippen LogP) is 3.88. The van der Waals surface area contributed by atoms with Crippen LogP contribution in [0, 0.1) is 0 Å². The van der Waals surface area contributed by atoms with E-state index in [4.69, 9.17) is 11.6 Å². The second-order valence-electron chi connectivity index (χ2n) is 6.24. The number of hydrogen-bond donors (Lipinski definition) is 2. The fourth-order valence-corrected chi connectivity index (χ4v) is 4.08. The minimum absolute atomic E-state index is 0.112. The number of likely N-dealkylation sites (N-methyl/N-ethyl adjacent to an activating group) is 1. The minimum Gasteiger partial charge on any atom is -0.309 e. The van der Waals surface area contributed by atoms with E-state index in [0.29, 0.717) is 6.04 Å². The third-order valence-corrected chi connectivity index (χ3v) is 5.31. The van der Waals surface area contributed by atoms with Gasteiger partial charge in [0.1, 0.15) is 0 Å². The second-order valence-corrected chi connectivity index (χ2v) is 6.65. The van der Waals surface area contributed by atoms with E-state index >= 15 is 0 Å². The summed E-state index contributed by atoms with van der Waals surface area (Å²) in [7, 11) is 2.05. The molecule has 3 nitrogen and oxygen atoms in total. The van der Waals surface area contributed by atoms with E-state index in [2.05, 4.69) is 33.8 Å². The Bertz CT molecular complexity index is 632. The Labute approximate surface area is 143 Å². The molecule has 1 heterocycles. The van der Waals surface area contributed by atoms with Crippen molar-refractivity contribution >= 4 is 11.6 Å². The number of pyridine rings is 1. The number of aromatic nitrogens is 1. The number of nitrogens with one attached hydrogen (secondary N) is 2. The SMILES string of the molecule is CN[C@]1(c2ccccc2Cl)CCCC[C@H]1NCc1cccnc1. The average molecular weight is 330 g/mol. The van der Waals surface area contributed by atoms with Gasteiger partial charge >= 0.3 is 0 Å². The summed E-state index contributed by atoms with van der Waals surface area (Å²) in [5, 5.41) is 8.19. The van der Waals surface area contributed by atoms with E-state index in [0.717, 1.165) is 24.4 Å². The molecule has 2 atom stereocenters. The van der Waals surface area contributed by atoms with Crippen LogP contribution in [0.2, 0.25) is 5.02 Å². The van der Waals surface area contributed by atoms with E-state index in [1.807, 2.05) is 37.6 Å². The van der Waals surface area contributed by atoms with Gasteiger partial charge in [-0.3, -0.25) is 4.98 Å². The lowest BCUT2D eigenvalue weighted by atomic mass is 9.72. The topological polar surface area (TPSA) is 37.0 Å². The van der Waals surface area contributed by atoms with E-state index in [1.54, 1.807) is 0 Å². The zero-order valence-electron chi connectivity index (χ0n) is 13.6. The number of rotatable bonds is 5. The first-order valence-corrected chi connectivity index (χ1v) is 8.70. The summed E-state index contributed by atoms with van der Waals surface area (Å²) in [6, 6.07) is 12.7. The monoisotopic (exact) mass is 329 g/mol. The maximum Gasteiger partial charge on any atom is 0.0602 e. The van der Waals surface area contributed by atoms with E-state index in [9.17, 15) is 0 Å². The van der Waals surface area contributed by atoms with E-state index in [1.165, 1.54) is 24.0 Å². The summed E-state index contributed by atoms with van der Waals surface area (Å²) in [5.41, 5.74) is 2.30. The molecule has 0 radical (unpaired) electrons. The van der Waals surface area contributed by atoms with Gasteiger partial charge in [0.15, 0.2) is 0 Å². The molecule has 0 amide bonds. The van der Waals surface area contributed by atoms with Crippen molar-refractivity contribution in [3.63, 3.8) is 0 Å². The molecule has 1 aliphatic carbocycles. The zero-order valence-corrected chi connectivity index (χ0v) is 14.3. The maximum absolute atomic E-state index is 6.53. The smallest absolute Gasteiger partial charge is 0.0602 e. The van der Waals surface area contributed by atoms with Crippen LogP contribution < -0.4 is 10.6 Å². The number of nitrogens with zero attached hydrogens (tertiary/aromatic N) is 1. The predicted molar refractivity (Wildman–Crippen MR) is 95.5 cm³/mol. The lowest BCUT2D eigenvalue weighted by molar-refractivity contribution is 0.176. The van der Waals surface area contributed by atoms with Crippen molar-refractivity contribution in [3.8, 4) is 0 Å². The summed E-state index contributed by atoms with van der Waals surface area (Å²) in [6.45, 7) is 0.826. The summed E-state index contributed by atoms with van der Waals surface area (Å²) in [6.07, 6.45) is 8.44. The molecule has 1 aromatic heterocycles. The molecule has 1 fully saturated rings. The normalized spacial score (nSPS) is 24.5. The van der Waals surface area contributed by atoms with Gasteiger partial charge in [0.25, 0.3) is 0 Å². The molecular formula is C19H24ClN3. The highest BCUT2D eigenvalue weighted by molar-refractivity contribution is 6.31. The Morgan fingerprint density at radius 1 is 1.22 bits per heavy atom. The Morgan fingerprint density at radius 3 is 2.83 bits per heavy atom.